The van der Waals surface area contributed by atoms with Crippen molar-refractivity contribution in [1.82, 2.24) is 0 Å². The van der Waals surface area contributed by atoms with Gasteiger partial charge < -0.3 is 16.2 Å². The minimum atomic E-state index is -0.399. The molecule has 1 rings (SSSR count). The summed E-state index contributed by atoms with van der Waals surface area (Å²) >= 11 is 0. The van der Waals surface area contributed by atoms with Gasteiger partial charge in [-0.2, -0.15) is 0 Å². The Hall–Kier alpha value is -1.39. The van der Waals surface area contributed by atoms with Crippen molar-refractivity contribution in [2.45, 2.75) is 5.92 Å². The van der Waals surface area contributed by atoms with Crippen LogP contribution in [0.25, 0.3) is 0 Å². The fourth-order valence-corrected chi connectivity index (χ4v) is 1.28. The molecule has 4 heteroatoms. The van der Waals surface area contributed by atoms with Gasteiger partial charge in [-0.25, -0.2) is 0 Å². The number of benzene rings is 1. The van der Waals surface area contributed by atoms with Gasteiger partial charge in [0.05, 0.1) is 13.2 Å². The normalized spacial score (nSPS) is 12.1. The van der Waals surface area contributed by atoms with Crippen molar-refractivity contribution >= 4 is 5.97 Å². The maximum Gasteiger partial charge on any atom is 0.319 e. The van der Waals surface area contributed by atoms with E-state index in [0.717, 1.165) is 5.56 Å². The maximum absolute atomic E-state index is 10.9. The zero-order valence-corrected chi connectivity index (χ0v) is 8.56. The lowest BCUT2D eigenvalue weighted by molar-refractivity contribution is -0.142. The van der Waals surface area contributed by atoms with E-state index in [4.69, 9.17) is 16.2 Å². The number of nitrogens with two attached hydrogens (primary N) is 2. The molecule has 0 bridgehead atoms. The van der Waals surface area contributed by atoms with E-state index in [0.29, 0.717) is 6.54 Å². The summed E-state index contributed by atoms with van der Waals surface area (Å²) in [4.78, 5) is 10.9. The predicted molar refractivity (Wildman–Crippen MR) is 58.3 cm³/mol. The second-order valence-electron chi connectivity index (χ2n) is 3.23. The molecule has 0 radical (unpaired) electrons. The van der Waals surface area contributed by atoms with Gasteiger partial charge in [-0.3, -0.25) is 4.79 Å². The molecule has 0 saturated heterocycles. The van der Waals surface area contributed by atoms with Crippen LogP contribution in [0.1, 0.15) is 11.5 Å². The van der Waals surface area contributed by atoms with Crippen molar-refractivity contribution in [1.29, 1.82) is 0 Å². The summed E-state index contributed by atoms with van der Waals surface area (Å²) in [6.07, 6.45) is 0. The Labute approximate surface area is 89.2 Å². The first-order chi connectivity index (χ1) is 7.27. The van der Waals surface area contributed by atoms with E-state index >= 15 is 0 Å². The summed E-state index contributed by atoms with van der Waals surface area (Å²) in [5, 5.41) is 0. The SMILES string of the molecule is NCC(=O)OCC(CN)c1ccccc1. The fraction of sp³-hybridized carbons (Fsp3) is 0.364. The maximum atomic E-state index is 10.9. The Bertz CT molecular complexity index is 301. The van der Waals surface area contributed by atoms with Crippen LogP contribution in [0.4, 0.5) is 0 Å². The lowest BCUT2D eigenvalue weighted by Gasteiger charge is -2.14. The van der Waals surface area contributed by atoms with Crippen LogP contribution in [0, 0.1) is 0 Å². The first-order valence-corrected chi connectivity index (χ1v) is 4.88. The monoisotopic (exact) mass is 208 g/mol. The van der Waals surface area contributed by atoms with Gasteiger partial charge >= 0.3 is 5.97 Å². The Kier molecular flexibility index (Phi) is 4.80. The fourth-order valence-electron chi connectivity index (χ4n) is 1.28. The summed E-state index contributed by atoms with van der Waals surface area (Å²) in [6, 6.07) is 9.73. The topological polar surface area (TPSA) is 78.3 Å². The number of carbonyl (C=O) groups is 1. The van der Waals surface area contributed by atoms with Crippen molar-refractivity contribution in [2.75, 3.05) is 19.7 Å². The van der Waals surface area contributed by atoms with Gasteiger partial charge in [0, 0.05) is 12.5 Å². The lowest BCUT2D eigenvalue weighted by Crippen LogP contribution is -2.23. The van der Waals surface area contributed by atoms with E-state index in [1.807, 2.05) is 30.3 Å². The highest BCUT2D eigenvalue weighted by atomic mass is 16.5. The minimum Gasteiger partial charge on any atom is -0.464 e. The molecule has 82 valence electrons. The highest BCUT2D eigenvalue weighted by molar-refractivity contribution is 5.71. The number of rotatable bonds is 5. The Balaban J connectivity index is 2.53. The zero-order chi connectivity index (χ0) is 11.1. The molecule has 1 aromatic carbocycles. The molecule has 0 amide bonds. The van der Waals surface area contributed by atoms with Crippen molar-refractivity contribution in [3.05, 3.63) is 35.9 Å². The van der Waals surface area contributed by atoms with E-state index in [1.54, 1.807) is 0 Å². The molecule has 0 aliphatic rings. The predicted octanol–water partition coefficient (Wildman–Crippen LogP) is 0.231. The molecule has 0 saturated carbocycles. The van der Waals surface area contributed by atoms with Gasteiger partial charge in [-0.1, -0.05) is 30.3 Å². The Morgan fingerprint density at radius 3 is 2.47 bits per heavy atom. The Morgan fingerprint density at radius 2 is 1.93 bits per heavy atom. The molecule has 1 atom stereocenters. The average Bonchev–Trinajstić information content (AvgIpc) is 2.31. The molecule has 0 aliphatic carbocycles. The van der Waals surface area contributed by atoms with Gasteiger partial charge in [0.15, 0.2) is 0 Å². The summed E-state index contributed by atoms with van der Waals surface area (Å²) < 4.78 is 4.95. The molecule has 0 fully saturated rings. The first-order valence-electron chi connectivity index (χ1n) is 4.88. The van der Waals surface area contributed by atoms with E-state index in [2.05, 4.69) is 0 Å². The van der Waals surface area contributed by atoms with Crippen LogP contribution in [0.3, 0.4) is 0 Å². The molecule has 0 aromatic heterocycles. The third kappa shape index (κ3) is 3.69. The molecule has 15 heavy (non-hydrogen) atoms. The molecule has 4 N–H and O–H groups in total. The van der Waals surface area contributed by atoms with Crippen molar-refractivity contribution in [2.24, 2.45) is 11.5 Å². The summed E-state index contributed by atoms with van der Waals surface area (Å²) in [6.45, 7) is 0.643. The van der Waals surface area contributed by atoms with E-state index in [-0.39, 0.29) is 19.1 Å². The molecule has 0 aliphatic heterocycles. The number of carbonyl (C=O) groups excluding carboxylic acids is 1. The van der Waals surface area contributed by atoms with Gasteiger partial charge in [0.25, 0.3) is 0 Å². The number of ether oxygens (including phenoxy) is 1. The number of hydrogen-bond acceptors (Lipinski definition) is 4. The van der Waals surface area contributed by atoms with Gasteiger partial charge in [-0.15, -0.1) is 0 Å². The van der Waals surface area contributed by atoms with Gasteiger partial charge in [0.1, 0.15) is 0 Å². The van der Waals surface area contributed by atoms with E-state index in [9.17, 15) is 4.79 Å². The molecule has 0 heterocycles. The lowest BCUT2D eigenvalue weighted by atomic mass is 10.0. The van der Waals surface area contributed by atoms with E-state index < -0.39 is 5.97 Å². The second kappa shape index (κ2) is 6.16. The molecular weight excluding hydrogens is 192 g/mol. The average molecular weight is 208 g/mol. The molecular formula is C11H16N2O2. The summed E-state index contributed by atoms with van der Waals surface area (Å²) in [5.41, 5.74) is 11.8. The molecule has 0 spiro atoms. The van der Waals surface area contributed by atoms with Crippen LogP contribution in [0.15, 0.2) is 30.3 Å². The number of hydrogen-bond donors (Lipinski definition) is 2. The van der Waals surface area contributed by atoms with Crippen LogP contribution >= 0.6 is 0 Å². The van der Waals surface area contributed by atoms with Crippen LogP contribution in [0.5, 0.6) is 0 Å². The van der Waals surface area contributed by atoms with Crippen molar-refractivity contribution < 1.29 is 9.53 Å². The van der Waals surface area contributed by atoms with E-state index in [1.165, 1.54) is 0 Å². The smallest absolute Gasteiger partial charge is 0.319 e. The van der Waals surface area contributed by atoms with Crippen molar-refractivity contribution in [3.63, 3.8) is 0 Å². The third-order valence-electron chi connectivity index (χ3n) is 2.17. The van der Waals surface area contributed by atoms with Gasteiger partial charge in [-0.05, 0) is 5.56 Å². The van der Waals surface area contributed by atoms with Crippen LogP contribution < -0.4 is 11.5 Å². The number of esters is 1. The Morgan fingerprint density at radius 1 is 1.27 bits per heavy atom. The standard InChI is InChI=1S/C11H16N2O2/c12-6-10(8-15-11(14)7-13)9-4-2-1-3-5-9/h1-5,10H,6-8,12-13H2. The first kappa shape index (κ1) is 11.7. The van der Waals surface area contributed by atoms with Crippen LogP contribution in [-0.4, -0.2) is 25.7 Å². The quantitative estimate of drug-likeness (QED) is 0.679. The van der Waals surface area contributed by atoms with Crippen LogP contribution in [-0.2, 0) is 9.53 Å². The summed E-state index contributed by atoms with van der Waals surface area (Å²) in [7, 11) is 0. The minimum absolute atomic E-state index is 0.0432. The van der Waals surface area contributed by atoms with Gasteiger partial charge in [0.2, 0.25) is 0 Å². The highest BCUT2D eigenvalue weighted by Gasteiger charge is 2.11. The van der Waals surface area contributed by atoms with Crippen molar-refractivity contribution in [3.8, 4) is 0 Å². The summed E-state index contributed by atoms with van der Waals surface area (Å²) in [5.74, 6) is -0.355. The largest absolute Gasteiger partial charge is 0.464 e. The molecule has 1 aromatic rings. The zero-order valence-electron chi connectivity index (χ0n) is 8.56. The second-order valence-corrected chi connectivity index (χ2v) is 3.23. The van der Waals surface area contributed by atoms with Crippen LogP contribution in [0.2, 0.25) is 0 Å². The highest BCUT2D eigenvalue weighted by Crippen LogP contribution is 2.14. The molecule has 1 unspecified atom stereocenters. The third-order valence-corrected chi connectivity index (χ3v) is 2.17. The molecule has 4 nitrogen and oxygen atoms in total.